The number of hydrogen-bond donors (Lipinski definition) is 0. The number of nitrogens with zero attached hydrogens (tertiary/aromatic N) is 5. The van der Waals surface area contributed by atoms with E-state index in [1.807, 2.05) is 0 Å². The first kappa shape index (κ1) is 11.8. The molecule has 86 valence electrons. The highest BCUT2D eigenvalue weighted by molar-refractivity contribution is 8.00. The Hall–Kier alpha value is -0.660. The molecule has 16 heavy (non-hydrogen) atoms. The van der Waals surface area contributed by atoms with Crippen molar-refractivity contribution in [1.29, 1.82) is 0 Å². The van der Waals surface area contributed by atoms with Gasteiger partial charge in [-0.25, -0.2) is 4.98 Å². The molecule has 2 rings (SSSR count). The third-order valence-electron chi connectivity index (χ3n) is 1.78. The van der Waals surface area contributed by atoms with Crippen LogP contribution in [0.15, 0.2) is 15.7 Å². The Morgan fingerprint density at radius 3 is 3.12 bits per heavy atom. The van der Waals surface area contributed by atoms with Crippen LogP contribution in [-0.2, 0) is 6.54 Å². The topological polar surface area (TPSA) is 56.5 Å². The van der Waals surface area contributed by atoms with Crippen LogP contribution in [0.5, 0.6) is 0 Å². The third-order valence-corrected chi connectivity index (χ3v) is 3.82. The Labute approximate surface area is 106 Å². The molecule has 0 saturated heterocycles. The molecule has 0 unspecified atom stereocenters. The Bertz CT molecular complexity index is 455. The van der Waals surface area contributed by atoms with E-state index in [0.717, 1.165) is 23.7 Å². The SMILES string of the molecule is CCCCn1nnc(Sc2ncc(Cl)s2)n1. The first-order valence-corrected chi connectivity index (χ1v) is 6.86. The van der Waals surface area contributed by atoms with Crippen molar-refractivity contribution in [3.05, 3.63) is 10.5 Å². The molecule has 0 spiro atoms. The summed E-state index contributed by atoms with van der Waals surface area (Å²) in [5, 5.41) is 12.7. The summed E-state index contributed by atoms with van der Waals surface area (Å²) in [6, 6.07) is 0. The van der Waals surface area contributed by atoms with Crippen molar-refractivity contribution in [2.24, 2.45) is 0 Å². The largest absolute Gasteiger partial charge is 0.238 e. The summed E-state index contributed by atoms with van der Waals surface area (Å²) >= 11 is 8.57. The number of aromatic nitrogens is 5. The maximum Gasteiger partial charge on any atom is 0.238 e. The van der Waals surface area contributed by atoms with Crippen molar-refractivity contribution < 1.29 is 0 Å². The fraction of sp³-hybridized carbons (Fsp3) is 0.500. The van der Waals surface area contributed by atoms with E-state index in [-0.39, 0.29) is 0 Å². The van der Waals surface area contributed by atoms with E-state index in [4.69, 9.17) is 11.6 Å². The lowest BCUT2D eigenvalue weighted by atomic mass is 10.3. The van der Waals surface area contributed by atoms with E-state index >= 15 is 0 Å². The number of rotatable bonds is 5. The van der Waals surface area contributed by atoms with E-state index in [1.54, 1.807) is 11.0 Å². The lowest BCUT2D eigenvalue weighted by molar-refractivity contribution is 0.493. The molecular weight excluding hydrogens is 266 g/mol. The minimum atomic E-state index is 0.613. The highest BCUT2D eigenvalue weighted by Gasteiger charge is 2.08. The molecule has 2 aromatic heterocycles. The van der Waals surface area contributed by atoms with Gasteiger partial charge in [0.05, 0.1) is 12.7 Å². The van der Waals surface area contributed by atoms with Gasteiger partial charge in [0.15, 0.2) is 4.34 Å². The smallest absolute Gasteiger partial charge is 0.236 e. The molecule has 0 aliphatic carbocycles. The minimum absolute atomic E-state index is 0.613. The Morgan fingerprint density at radius 2 is 2.44 bits per heavy atom. The van der Waals surface area contributed by atoms with Gasteiger partial charge in [0.1, 0.15) is 4.34 Å². The van der Waals surface area contributed by atoms with E-state index < -0.39 is 0 Å². The number of aryl methyl sites for hydroxylation is 1. The van der Waals surface area contributed by atoms with Gasteiger partial charge < -0.3 is 0 Å². The summed E-state index contributed by atoms with van der Waals surface area (Å²) in [4.78, 5) is 5.73. The summed E-state index contributed by atoms with van der Waals surface area (Å²) in [6.07, 6.45) is 3.80. The van der Waals surface area contributed by atoms with Gasteiger partial charge in [-0.3, -0.25) is 0 Å². The van der Waals surface area contributed by atoms with E-state index in [2.05, 4.69) is 27.3 Å². The van der Waals surface area contributed by atoms with Gasteiger partial charge in [0, 0.05) is 0 Å². The molecule has 0 atom stereocenters. The molecule has 0 saturated carbocycles. The normalized spacial score (nSPS) is 10.9. The second-order valence-corrected chi connectivity index (χ2v) is 5.93. The first-order chi connectivity index (χ1) is 7.78. The molecule has 0 radical (unpaired) electrons. The predicted molar refractivity (Wildman–Crippen MR) is 64.0 cm³/mol. The Morgan fingerprint density at radius 1 is 1.56 bits per heavy atom. The summed E-state index contributed by atoms with van der Waals surface area (Å²) in [7, 11) is 0. The lowest BCUT2D eigenvalue weighted by Crippen LogP contribution is -2.01. The van der Waals surface area contributed by atoms with E-state index in [1.165, 1.54) is 23.1 Å². The van der Waals surface area contributed by atoms with Crippen LogP contribution in [0.4, 0.5) is 0 Å². The van der Waals surface area contributed by atoms with Crippen molar-refractivity contribution in [2.45, 2.75) is 35.8 Å². The first-order valence-electron chi connectivity index (χ1n) is 4.85. The van der Waals surface area contributed by atoms with E-state index in [0.29, 0.717) is 9.49 Å². The maximum atomic E-state index is 5.78. The minimum Gasteiger partial charge on any atom is -0.236 e. The number of unbranched alkanes of at least 4 members (excludes halogenated alkanes) is 1. The molecule has 0 aliphatic rings. The van der Waals surface area contributed by atoms with Crippen LogP contribution >= 0.6 is 34.7 Å². The van der Waals surface area contributed by atoms with Crippen LogP contribution in [0.25, 0.3) is 0 Å². The molecule has 2 heterocycles. The molecule has 0 bridgehead atoms. The predicted octanol–water partition coefficient (Wildman–Crippen LogP) is 2.73. The lowest BCUT2D eigenvalue weighted by Gasteiger charge is -1.93. The second-order valence-electron chi connectivity index (χ2n) is 3.05. The van der Waals surface area contributed by atoms with Gasteiger partial charge in [-0.05, 0) is 23.4 Å². The van der Waals surface area contributed by atoms with Crippen molar-refractivity contribution in [3.63, 3.8) is 0 Å². The highest BCUT2D eigenvalue weighted by Crippen LogP contribution is 2.30. The molecule has 0 aromatic carbocycles. The molecule has 5 nitrogen and oxygen atoms in total. The van der Waals surface area contributed by atoms with E-state index in [9.17, 15) is 0 Å². The number of hydrogen-bond acceptors (Lipinski definition) is 6. The number of halogens is 1. The summed E-state index contributed by atoms with van der Waals surface area (Å²) in [5.41, 5.74) is 0. The second kappa shape index (κ2) is 5.60. The zero-order valence-corrected chi connectivity index (χ0v) is 11.0. The van der Waals surface area contributed by atoms with Crippen LogP contribution in [0.1, 0.15) is 19.8 Å². The van der Waals surface area contributed by atoms with Gasteiger partial charge in [0.25, 0.3) is 0 Å². The Balaban J connectivity index is 1.97. The fourth-order valence-electron chi connectivity index (χ4n) is 1.03. The molecular formula is C8H10ClN5S2. The fourth-order valence-corrected chi connectivity index (χ4v) is 2.95. The molecule has 0 N–H and O–H groups in total. The molecule has 0 aliphatic heterocycles. The van der Waals surface area contributed by atoms with Crippen LogP contribution in [0.3, 0.4) is 0 Å². The van der Waals surface area contributed by atoms with Crippen LogP contribution in [0, 0.1) is 0 Å². The summed E-state index contributed by atoms with van der Waals surface area (Å²) in [6.45, 7) is 2.94. The molecule has 0 fully saturated rings. The molecule has 0 amide bonds. The third kappa shape index (κ3) is 3.16. The zero-order valence-electron chi connectivity index (χ0n) is 8.63. The van der Waals surface area contributed by atoms with Crippen molar-refractivity contribution in [1.82, 2.24) is 25.2 Å². The number of thiazole rings is 1. The maximum absolute atomic E-state index is 5.78. The van der Waals surface area contributed by atoms with Gasteiger partial charge in [-0.2, -0.15) is 4.80 Å². The Kier molecular flexibility index (Phi) is 4.14. The highest BCUT2D eigenvalue weighted by atomic mass is 35.5. The standard InChI is InChI=1S/C8H10ClN5S2/c1-2-3-4-14-12-7(11-13-14)16-8-10-5-6(9)15-8/h5H,2-4H2,1H3. The van der Waals surface area contributed by atoms with Crippen molar-refractivity contribution in [3.8, 4) is 0 Å². The number of tetrazole rings is 1. The van der Waals surface area contributed by atoms with Gasteiger partial charge >= 0.3 is 0 Å². The van der Waals surface area contributed by atoms with Gasteiger partial charge in [0.2, 0.25) is 5.16 Å². The van der Waals surface area contributed by atoms with Crippen molar-refractivity contribution in [2.75, 3.05) is 0 Å². The average molecular weight is 276 g/mol. The van der Waals surface area contributed by atoms with Crippen LogP contribution in [0.2, 0.25) is 4.34 Å². The average Bonchev–Trinajstić information content (AvgIpc) is 2.86. The van der Waals surface area contributed by atoms with Crippen LogP contribution < -0.4 is 0 Å². The van der Waals surface area contributed by atoms with Crippen molar-refractivity contribution >= 4 is 34.7 Å². The monoisotopic (exact) mass is 275 g/mol. The van der Waals surface area contributed by atoms with Crippen LogP contribution in [-0.4, -0.2) is 25.2 Å². The zero-order chi connectivity index (χ0) is 11.4. The van der Waals surface area contributed by atoms with Gasteiger partial charge in [-0.1, -0.05) is 36.3 Å². The summed E-state index contributed by atoms with van der Waals surface area (Å²) in [5.74, 6) is 0. The quantitative estimate of drug-likeness (QED) is 0.840. The summed E-state index contributed by atoms with van der Waals surface area (Å²) < 4.78 is 1.50. The van der Waals surface area contributed by atoms with Gasteiger partial charge in [-0.15, -0.1) is 10.2 Å². The molecule has 8 heteroatoms. The molecule has 2 aromatic rings.